The summed E-state index contributed by atoms with van der Waals surface area (Å²) < 4.78 is 4.86. The van der Waals surface area contributed by atoms with Crippen LogP contribution in [0.4, 0.5) is 0 Å². The lowest BCUT2D eigenvalue weighted by atomic mass is 9.91. The van der Waals surface area contributed by atoms with E-state index in [2.05, 4.69) is 11.9 Å². The van der Waals surface area contributed by atoms with E-state index in [9.17, 15) is 4.79 Å². The quantitative estimate of drug-likeness (QED) is 0.516. The highest BCUT2D eigenvalue weighted by molar-refractivity contribution is 5.82. The molecule has 2 atom stereocenters. The van der Waals surface area contributed by atoms with E-state index in [4.69, 9.17) is 4.74 Å². The van der Waals surface area contributed by atoms with Crippen molar-refractivity contribution in [2.75, 3.05) is 0 Å². The minimum Gasteiger partial charge on any atom is -0.434 e. The number of ether oxygens (including phenoxy) is 1. The average Bonchev–Trinajstić information content (AvgIpc) is 2.44. The molecule has 72 valence electrons. The van der Waals surface area contributed by atoms with Crippen molar-refractivity contribution in [3.63, 3.8) is 0 Å². The van der Waals surface area contributed by atoms with Gasteiger partial charge in [0.25, 0.3) is 0 Å². The Kier molecular flexibility index (Phi) is 2.12. The molecule has 2 heterocycles. The molecule has 2 fully saturated rings. The van der Waals surface area contributed by atoms with Crippen LogP contribution in [0.25, 0.3) is 0 Å². The van der Waals surface area contributed by atoms with Crippen LogP contribution in [0, 0.1) is 0 Å². The first-order valence-corrected chi connectivity index (χ1v) is 4.86. The molecule has 2 aliphatic rings. The van der Waals surface area contributed by atoms with E-state index in [0.717, 1.165) is 25.7 Å². The summed E-state index contributed by atoms with van der Waals surface area (Å²) in [6, 6.07) is 0.533. The van der Waals surface area contributed by atoms with Gasteiger partial charge in [0.2, 0.25) is 0 Å². The summed E-state index contributed by atoms with van der Waals surface area (Å²) in [5.41, 5.74) is -0.378. The van der Waals surface area contributed by atoms with Crippen LogP contribution < -0.4 is 5.32 Å². The SMILES string of the molecule is C=COC(=O)C12CCCC(CC1)N2. The second-order valence-corrected chi connectivity index (χ2v) is 3.93. The summed E-state index contributed by atoms with van der Waals surface area (Å²) in [4.78, 5) is 11.6. The van der Waals surface area contributed by atoms with Crippen LogP contribution in [0.5, 0.6) is 0 Å². The van der Waals surface area contributed by atoms with E-state index in [-0.39, 0.29) is 11.5 Å². The van der Waals surface area contributed by atoms with E-state index in [1.54, 1.807) is 0 Å². The molecule has 0 radical (unpaired) electrons. The van der Waals surface area contributed by atoms with E-state index in [1.807, 2.05) is 0 Å². The van der Waals surface area contributed by atoms with Crippen LogP contribution in [0.2, 0.25) is 0 Å². The predicted molar refractivity (Wildman–Crippen MR) is 49.0 cm³/mol. The topological polar surface area (TPSA) is 38.3 Å². The molecule has 2 aliphatic heterocycles. The Hall–Kier alpha value is -0.830. The lowest BCUT2D eigenvalue weighted by molar-refractivity contribution is -0.146. The van der Waals surface area contributed by atoms with Crippen molar-refractivity contribution in [2.45, 2.75) is 43.7 Å². The molecule has 3 nitrogen and oxygen atoms in total. The van der Waals surface area contributed by atoms with Crippen molar-refractivity contribution in [3.8, 4) is 0 Å². The van der Waals surface area contributed by atoms with Crippen molar-refractivity contribution < 1.29 is 9.53 Å². The number of carbonyl (C=O) groups excluding carboxylic acids is 1. The normalized spacial score (nSPS) is 37.1. The third kappa shape index (κ3) is 1.37. The van der Waals surface area contributed by atoms with Gasteiger partial charge < -0.3 is 4.74 Å². The molecule has 13 heavy (non-hydrogen) atoms. The summed E-state index contributed by atoms with van der Waals surface area (Å²) in [6.45, 7) is 3.40. The number of rotatable bonds is 2. The zero-order valence-electron chi connectivity index (χ0n) is 7.71. The number of hydrogen-bond acceptors (Lipinski definition) is 3. The Morgan fingerprint density at radius 3 is 3.15 bits per heavy atom. The van der Waals surface area contributed by atoms with Crippen LogP contribution >= 0.6 is 0 Å². The third-order valence-electron chi connectivity index (χ3n) is 3.14. The second-order valence-electron chi connectivity index (χ2n) is 3.93. The molecule has 0 amide bonds. The van der Waals surface area contributed by atoms with Gasteiger partial charge in [-0.2, -0.15) is 0 Å². The van der Waals surface area contributed by atoms with Gasteiger partial charge in [0.15, 0.2) is 0 Å². The van der Waals surface area contributed by atoms with E-state index >= 15 is 0 Å². The van der Waals surface area contributed by atoms with E-state index in [0.29, 0.717) is 6.04 Å². The molecule has 2 unspecified atom stereocenters. The number of hydrogen-bond donors (Lipinski definition) is 1. The first-order valence-electron chi connectivity index (χ1n) is 4.86. The van der Waals surface area contributed by atoms with Crippen molar-refractivity contribution in [2.24, 2.45) is 0 Å². The first-order chi connectivity index (χ1) is 6.27. The van der Waals surface area contributed by atoms with Crippen LogP contribution in [-0.4, -0.2) is 17.6 Å². The van der Waals surface area contributed by atoms with E-state index < -0.39 is 0 Å². The molecular formula is C10H15NO2. The minimum absolute atomic E-state index is 0.148. The third-order valence-corrected chi connectivity index (χ3v) is 3.14. The van der Waals surface area contributed by atoms with Crippen molar-refractivity contribution in [1.82, 2.24) is 5.32 Å². The Morgan fingerprint density at radius 1 is 1.54 bits per heavy atom. The van der Waals surface area contributed by atoms with Gasteiger partial charge in [-0.1, -0.05) is 6.58 Å². The second kappa shape index (κ2) is 3.14. The maximum Gasteiger partial charge on any atom is 0.331 e. The lowest BCUT2D eigenvalue weighted by Crippen LogP contribution is -2.52. The summed E-state index contributed by atoms with van der Waals surface area (Å²) in [6.07, 6.45) is 6.49. The smallest absolute Gasteiger partial charge is 0.331 e. The highest BCUT2D eigenvalue weighted by atomic mass is 16.5. The summed E-state index contributed by atoms with van der Waals surface area (Å²) in [7, 11) is 0. The number of esters is 1. The average molecular weight is 181 g/mol. The van der Waals surface area contributed by atoms with E-state index in [1.165, 1.54) is 12.7 Å². The van der Waals surface area contributed by atoms with Crippen molar-refractivity contribution >= 4 is 5.97 Å². The van der Waals surface area contributed by atoms with Crippen LogP contribution in [0.3, 0.4) is 0 Å². The van der Waals surface area contributed by atoms with Gasteiger partial charge >= 0.3 is 5.97 Å². The van der Waals surface area contributed by atoms with Gasteiger partial charge in [-0.25, -0.2) is 4.79 Å². The first kappa shape index (κ1) is 8.75. The Morgan fingerprint density at radius 2 is 2.38 bits per heavy atom. The number of nitrogens with one attached hydrogen (secondary N) is 1. The zero-order chi connectivity index (χ0) is 9.31. The fourth-order valence-electron chi connectivity index (χ4n) is 2.47. The molecule has 0 aromatic rings. The van der Waals surface area contributed by atoms with Crippen molar-refractivity contribution in [1.29, 1.82) is 0 Å². The molecule has 1 N–H and O–H groups in total. The zero-order valence-corrected chi connectivity index (χ0v) is 7.71. The molecule has 0 spiro atoms. The van der Waals surface area contributed by atoms with Gasteiger partial charge in [-0.05, 0) is 32.1 Å². The van der Waals surface area contributed by atoms with Gasteiger partial charge in [0.05, 0.1) is 6.26 Å². The number of piperidine rings is 1. The molecule has 2 rings (SSSR count). The lowest BCUT2D eigenvalue weighted by Gasteiger charge is -2.31. The molecule has 0 aromatic carbocycles. The Bertz CT molecular complexity index is 235. The molecule has 0 aromatic heterocycles. The fraction of sp³-hybridized carbons (Fsp3) is 0.700. The highest BCUT2D eigenvalue weighted by Crippen LogP contribution is 2.36. The maximum absolute atomic E-state index is 11.6. The summed E-state index contributed by atoms with van der Waals surface area (Å²) in [5, 5.41) is 3.37. The minimum atomic E-state index is -0.378. The molecule has 0 aliphatic carbocycles. The Balaban J connectivity index is 2.10. The van der Waals surface area contributed by atoms with Crippen LogP contribution in [0.15, 0.2) is 12.8 Å². The van der Waals surface area contributed by atoms with Crippen LogP contribution in [0.1, 0.15) is 32.1 Å². The summed E-state index contributed by atoms with van der Waals surface area (Å²) >= 11 is 0. The van der Waals surface area contributed by atoms with Gasteiger partial charge in [0.1, 0.15) is 5.54 Å². The number of fused-ring (bicyclic) bond motifs is 2. The fourth-order valence-corrected chi connectivity index (χ4v) is 2.47. The Labute approximate surface area is 78.1 Å². The monoisotopic (exact) mass is 181 g/mol. The van der Waals surface area contributed by atoms with Crippen molar-refractivity contribution in [3.05, 3.63) is 12.8 Å². The number of carbonyl (C=O) groups is 1. The predicted octanol–water partition coefficient (Wildman–Crippen LogP) is 1.35. The highest BCUT2D eigenvalue weighted by Gasteiger charge is 2.47. The molecule has 3 heteroatoms. The van der Waals surface area contributed by atoms with Gasteiger partial charge in [0, 0.05) is 6.04 Å². The summed E-state index contributed by atoms with van der Waals surface area (Å²) in [5.74, 6) is -0.148. The van der Waals surface area contributed by atoms with Gasteiger partial charge in [-0.15, -0.1) is 0 Å². The molecule has 2 bridgehead atoms. The molecule has 2 saturated heterocycles. The van der Waals surface area contributed by atoms with Crippen LogP contribution in [-0.2, 0) is 9.53 Å². The molecular weight excluding hydrogens is 166 g/mol. The molecule has 0 saturated carbocycles. The standard InChI is InChI=1S/C10H15NO2/c1-2-13-9(12)10-6-3-4-8(11-10)5-7-10/h2,8,11H,1,3-7H2. The maximum atomic E-state index is 11.6. The van der Waals surface area contributed by atoms with Gasteiger partial charge in [-0.3, -0.25) is 5.32 Å². The largest absolute Gasteiger partial charge is 0.434 e.